The highest BCUT2D eigenvalue weighted by Gasteiger charge is 2.12. The first-order valence-corrected chi connectivity index (χ1v) is 6.52. The van der Waals surface area contributed by atoms with E-state index in [1.807, 2.05) is 0 Å². The first-order valence-electron chi connectivity index (χ1n) is 6.52. The van der Waals surface area contributed by atoms with Gasteiger partial charge in [0.15, 0.2) is 0 Å². The van der Waals surface area contributed by atoms with E-state index in [4.69, 9.17) is 10.3 Å². The Balaban J connectivity index is 2.48. The molecule has 0 radical (unpaired) electrons. The lowest BCUT2D eigenvalue weighted by molar-refractivity contribution is 0.426. The standard InChI is InChI=1S/C13H24N2O/c1-3-5-7-9-11-12(10-8-6-4-2)15-16-13(11)14/h3-10,14H2,1-2H3. The third-order valence-corrected chi connectivity index (χ3v) is 2.95. The van der Waals surface area contributed by atoms with E-state index in [2.05, 4.69) is 19.0 Å². The van der Waals surface area contributed by atoms with E-state index < -0.39 is 0 Å². The van der Waals surface area contributed by atoms with Crippen LogP contribution in [0.15, 0.2) is 4.52 Å². The van der Waals surface area contributed by atoms with Crippen molar-refractivity contribution < 1.29 is 4.52 Å². The first-order chi connectivity index (χ1) is 7.79. The normalized spacial score (nSPS) is 10.9. The van der Waals surface area contributed by atoms with E-state index in [1.54, 1.807) is 0 Å². The molecule has 0 saturated carbocycles. The van der Waals surface area contributed by atoms with Gasteiger partial charge in [-0.05, 0) is 25.7 Å². The van der Waals surface area contributed by atoms with E-state index in [0.29, 0.717) is 5.88 Å². The monoisotopic (exact) mass is 224 g/mol. The number of unbranched alkanes of at least 4 members (excludes halogenated alkanes) is 4. The number of aryl methyl sites for hydroxylation is 1. The Morgan fingerprint density at radius 1 is 1.00 bits per heavy atom. The second-order valence-corrected chi connectivity index (χ2v) is 4.39. The molecule has 0 fully saturated rings. The summed E-state index contributed by atoms with van der Waals surface area (Å²) in [5.74, 6) is 0.530. The molecule has 1 rings (SSSR count). The summed E-state index contributed by atoms with van der Waals surface area (Å²) < 4.78 is 5.08. The summed E-state index contributed by atoms with van der Waals surface area (Å²) in [6, 6.07) is 0. The summed E-state index contributed by atoms with van der Waals surface area (Å²) in [6.45, 7) is 4.42. The van der Waals surface area contributed by atoms with E-state index in [9.17, 15) is 0 Å². The fourth-order valence-electron chi connectivity index (χ4n) is 1.91. The number of aromatic nitrogens is 1. The average Bonchev–Trinajstić information content (AvgIpc) is 2.62. The van der Waals surface area contributed by atoms with Crippen LogP contribution in [0.3, 0.4) is 0 Å². The lowest BCUT2D eigenvalue weighted by Gasteiger charge is -2.01. The van der Waals surface area contributed by atoms with Crippen molar-refractivity contribution in [1.29, 1.82) is 0 Å². The number of hydrogen-bond acceptors (Lipinski definition) is 3. The average molecular weight is 224 g/mol. The molecular formula is C13H24N2O. The maximum atomic E-state index is 5.80. The van der Waals surface area contributed by atoms with E-state index in [0.717, 1.165) is 24.1 Å². The van der Waals surface area contributed by atoms with Gasteiger partial charge >= 0.3 is 0 Å². The van der Waals surface area contributed by atoms with Crippen LogP contribution in [0, 0.1) is 0 Å². The number of nitrogens with two attached hydrogens (primary N) is 1. The van der Waals surface area contributed by atoms with Crippen molar-refractivity contribution in [2.75, 3.05) is 5.73 Å². The summed E-state index contributed by atoms with van der Waals surface area (Å²) in [6.07, 6.45) is 9.36. The second-order valence-electron chi connectivity index (χ2n) is 4.39. The minimum absolute atomic E-state index is 0.530. The zero-order valence-corrected chi connectivity index (χ0v) is 10.6. The number of nitrogens with zero attached hydrogens (tertiary/aromatic N) is 1. The van der Waals surface area contributed by atoms with Crippen LogP contribution in [-0.2, 0) is 12.8 Å². The van der Waals surface area contributed by atoms with E-state index in [-0.39, 0.29) is 0 Å². The molecule has 0 aliphatic carbocycles. The van der Waals surface area contributed by atoms with Crippen molar-refractivity contribution in [3.05, 3.63) is 11.3 Å². The van der Waals surface area contributed by atoms with Crippen molar-refractivity contribution in [1.82, 2.24) is 5.16 Å². The Morgan fingerprint density at radius 3 is 2.25 bits per heavy atom. The van der Waals surface area contributed by atoms with Gasteiger partial charge in [-0.1, -0.05) is 44.7 Å². The molecule has 2 N–H and O–H groups in total. The highest BCUT2D eigenvalue weighted by molar-refractivity contribution is 5.39. The fraction of sp³-hybridized carbons (Fsp3) is 0.769. The van der Waals surface area contributed by atoms with Crippen molar-refractivity contribution in [2.24, 2.45) is 0 Å². The molecule has 3 nitrogen and oxygen atoms in total. The van der Waals surface area contributed by atoms with Gasteiger partial charge in [-0.25, -0.2) is 0 Å². The maximum absolute atomic E-state index is 5.80. The third kappa shape index (κ3) is 3.87. The molecule has 0 bridgehead atoms. The van der Waals surface area contributed by atoms with E-state index >= 15 is 0 Å². The smallest absolute Gasteiger partial charge is 0.225 e. The number of nitrogen functional groups attached to an aromatic ring is 1. The van der Waals surface area contributed by atoms with Crippen LogP contribution in [0.25, 0.3) is 0 Å². The summed E-state index contributed by atoms with van der Waals surface area (Å²) in [4.78, 5) is 0. The van der Waals surface area contributed by atoms with Crippen LogP contribution in [0.2, 0.25) is 0 Å². The van der Waals surface area contributed by atoms with Crippen molar-refractivity contribution in [3.8, 4) is 0 Å². The molecule has 0 aliphatic rings. The topological polar surface area (TPSA) is 52.0 Å². The van der Waals surface area contributed by atoms with Gasteiger partial charge in [-0.3, -0.25) is 0 Å². The number of hydrogen-bond donors (Lipinski definition) is 1. The van der Waals surface area contributed by atoms with Gasteiger partial charge in [0.25, 0.3) is 0 Å². The zero-order chi connectivity index (χ0) is 11.8. The number of rotatable bonds is 8. The SMILES string of the molecule is CCCCCc1noc(N)c1CCCCC. The van der Waals surface area contributed by atoms with Crippen LogP contribution < -0.4 is 5.73 Å². The molecule has 1 heterocycles. The lowest BCUT2D eigenvalue weighted by atomic mass is 10.0. The predicted octanol–water partition coefficient (Wildman–Crippen LogP) is 3.72. The fourth-order valence-corrected chi connectivity index (χ4v) is 1.91. The van der Waals surface area contributed by atoms with Gasteiger partial charge in [0.05, 0.1) is 5.69 Å². The molecule has 0 spiro atoms. The van der Waals surface area contributed by atoms with Gasteiger partial charge in [-0.15, -0.1) is 0 Å². The van der Waals surface area contributed by atoms with Crippen LogP contribution in [0.5, 0.6) is 0 Å². The molecule has 1 aromatic rings. The summed E-state index contributed by atoms with van der Waals surface area (Å²) in [5.41, 5.74) is 8.04. The Bertz CT molecular complexity index is 294. The largest absolute Gasteiger partial charge is 0.367 e. The molecule has 0 atom stereocenters. The molecule has 3 heteroatoms. The summed E-state index contributed by atoms with van der Waals surface area (Å²) in [5, 5.41) is 4.07. The Kier molecular flexibility index (Phi) is 5.98. The van der Waals surface area contributed by atoms with Crippen LogP contribution in [-0.4, -0.2) is 5.16 Å². The lowest BCUT2D eigenvalue weighted by Crippen LogP contribution is -1.96. The number of anilines is 1. The van der Waals surface area contributed by atoms with Crippen molar-refractivity contribution in [2.45, 2.75) is 65.2 Å². The van der Waals surface area contributed by atoms with Gasteiger partial charge < -0.3 is 10.3 Å². The predicted molar refractivity (Wildman–Crippen MR) is 67.4 cm³/mol. The molecule has 1 aromatic heterocycles. The summed E-state index contributed by atoms with van der Waals surface area (Å²) in [7, 11) is 0. The molecule has 0 saturated heterocycles. The Morgan fingerprint density at radius 2 is 1.62 bits per heavy atom. The molecule has 0 unspecified atom stereocenters. The molecule has 0 aromatic carbocycles. The minimum atomic E-state index is 0.530. The van der Waals surface area contributed by atoms with E-state index in [1.165, 1.54) is 38.5 Å². The highest BCUT2D eigenvalue weighted by Crippen LogP contribution is 2.21. The first kappa shape index (κ1) is 13.1. The third-order valence-electron chi connectivity index (χ3n) is 2.95. The van der Waals surface area contributed by atoms with Gasteiger partial charge in [0, 0.05) is 5.56 Å². The molecule has 16 heavy (non-hydrogen) atoms. The molecule has 0 aliphatic heterocycles. The van der Waals surface area contributed by atoms with Crippen molar-refractivity contribution in [3.63, 3.8) is 0 Å². The van der Waals surface area contributed by atoms with Gasteiger partial charge in [0.1, 0.15) is 0 Å². The second kappa shape index (κ2) is 7.31. The van der Waals surface area contributed by atoms with Crippen molar-refractivity contribution >= 4 is 5.88 Å². The van der Waals surface area contributed by atoms with Gasteiger partial charge in [-0.2, -0.15) is 0 Å². The quantitative estimate of drug-likeness (QED) is 0.685. The molecule has 92 valence electrons. The molecular weight excluding hydrogens is 200 g/mol. The summed E-state index contributed by atoms with van der Waals surface area (Å²) >= 11 is 0. The van der Waals surface area contributed by atoms with Crippen LogP contribution in [0.1, 0.15) is 63.6 Å². The van der Waals surface area contributed by atoms with Crippen LogP contribution in [0.4, 0.5) is 5.88 Å². The zero-order valence-electron chi connectivity index (χ0n) is 10.6. The minimum Gasteiger partial charge on any atom is -0.367 e. The maximum Gasteiger partial charge on any atom is 0.225 e. The Labute approximate surface area is 98.4 Å². The Hall–Kier alpha value is -0.990. The molecule has 0 amide bonds. The van der Waals surface area contributed by atoms with Crippen LogP contribution >= 0.6 is 0 Å². The highest BCUT2D eigenvalue weighted by atomic mass is 16.5. The van der Waals surface area contributed by atoms with Gasteiger partial charge in [0.2, 0.25) is 5.88 Å².